The van der Waals surface area contributed by atoms with Gasteiger partial charge in [-0.3, -0.25) is 4.79 Å². The van der Waals surface area contributed by atoms with Gasteiger partial charge in [0.05, 0.1) is 6.61 Å². The second-order valence-corrected chi connectivity index (χ2v) is 6.99. The normalized spacial score (nSPS) is 13.8. The third-order valence-corrected chi connectivity index (χ3v) is 4.26. The third-order valence-electron chi connectivity index (χ3n) is 3.38. The average molecular weight is 333 g/mol. The van der Waals surface area contributed by atoms with Crippen LogP contribution in [0.2, 0.25) is 0 Å². The molecule has 0 bridgehead atoms. The fourth-order valence-corrected chi connectivity index (χ4v) is 1.85. The van der Waals surface area contributed by atoms with Crippen LogP contribution >= 0.6 is 15.9 Å². The standard InChI is InChI=1S/C16H29BrO2/c1-4-6-7-8-9-10-11-12-13-14-19-15(18)16(3,17)5-2/h4H,1,5-14H2,2-3H3. The minimum absolute atomic E-state index is 0.139. The second kappa shape index (κ2) is 11.5. The molecule has 0 heterocycles. The summed E-state index contributed by atoms with van der Waals surface area (Å²) in [4.78, 5) is 11.7. The lowest BCUT2D eigenvalue weighted by molar-refractivity contribution is -0.146. The van der Waals surface area contributed by atoms with Crippen LogP contribution in [0.5, 0.6) is 0 Å². The molecule has 0 saturated heterocycles. The first kappa shape index (κ1) is 18.7. The highest BCUT2D eigenvalue weighted by molar-refractivity contribution is 9.10. The summed E-state index contributed by atoms with van der Waals surface area (Å²) in [6.45, 7) is 8.11. The zero-order chi connectivity index (χ0) is 14.6. The van der Waals surface area contributed by atoms with E-state index in [0.717, 1.165) is 25.7 Å². The van der Waals surface area contributed by atoms with Gasteiger partial charge in [-0.2, -0.15) is 0 Å². The fraction of sp³-hybridized carbons (Fsp3) is 0.812. The van der Waals surface area contributed by atoms with E-state index in [1.807, 2.05) is 19.9 Å². The van der Waals surface area contributed by atoms with Gasteiger partial charge in [-0.25, -0.2) is 0 Å². The Balaban J connectivity index is 3.32. The van der Waals surface area contributed by atoms with E-state index in [2.05, 4.69) is 22.5 Å². The van der Waals surface area contributed by atoms with E-state index >= 15 is 0 Å². The summed E-state index contributed by atoms with van der Waals surface area (Å²) in [5.41, 5.74) is 0. The molecule has 0 aromatic carbocycles. The largest absolute Gasteiger partial charge is 0.465 e. The van der Waals surface area contributed by atoms with Crippen LogP contribution < -0.4 is 0 Å². The van der Waals surface area contributed by atoms with Crippen molar-refractivity contribution in [2.75, 3.05) is 6.61 Å². The first-order chi connectivity index (χ1) is 9.04. The molecule has 0 aliphatic carbocycles. The number of carbonyl (C=O) groups excluding carboxylic acids is 1. The maximum Gasteiger partial charge on any atom is 0.322 e. The van der Waals surface area contributed by atoms with Crippen LogP contribution in [0, 0.1) is 0 Å². The van der Waals surface area contributed by atoms with Crippen molar-refractivity contribution in [3.05, 3.63) is 12.7 Å². The number of ether oxygens (including phenoxy) is 1. The highest BCUT2D eigenvalue weighted by Crippen LogP contribution is 2.23. The lowest BCUT2D eigenvalue weighted by Gasteiger charge is -2.18. The van der Waals surface area contributed by atoms with Crippen molar-refractivity contribution in [3.8, 4) is 0 Å². The molecular weight excluding hydrogens is 304 g/mol. The van der Waals surface area contributed by atoms with Gasteiger partial charge in [0, 0.05) is 0 Å². The van der Waals surface area contributed by atoms with Crippen LogP contribution in [0.25, 0.3) is 0 Å². The van der Waals surface area contributed by atoms with Gasteiger partial charge in [-0.1, -0.05) is 61.0 Å². The Morgan fingerprint density at radius 1 is 1.16 bits per heavy atom. The topological polar surface area (TPSA) is 26.3 Å². The van der Waals surface area contributed by atoms with E-state index in [-0.39, 0.29) is 5.97 Å². The van der Waals surface area contributed by atoms with Gasteiger partial charge >= 0.3 is 5.97 Å². The maximum atomic E-state index is 11.7. The SMILES string of the molecule is C=CCCCCCCCCCOC(=O)C(C)(Br)CC. The van der Waals surface area contributed by atoms with E-state index in [0.29, 0.717) is 6.61 Å². The third kappa shape index (κ3) is 10.2. The van der Waals surface area contributed by atoms with Gasteiger partial charge in [0.2, 0.25) is 0 Å². The van der Waals surface area contributed by atoms with Crippen molar-refractivity contribution in [2.45, 2.75) is 76.0 Å². The van der Waals surface area contributed by atoms with E-state index in [1.165, 1.54) is 32.1 Å². The van der Waals surface area contributed by atoms with Crippen LogP contribution in [0.15, 0.2) is 12.7 Å². The summed E-state index contributed by atoms with van der Waals surface area (Å²) >= 11 is 3.39. The number of unbranched alkanes of at least 4 members (excludes halogenated alkanes) is 7. The first-order valence-corrected chi connectivity index (χ1v) is 8.31. The van der Waals surface area contributed by atoms with Crippen molar-refractivity contribution in [1.29, 1.82) is 0 Å². The molecule has 0 radical (unpaired) electrons. The Hall–Kier alpha value is -0.310. The van der Waals surface area contributed by atoms with E-state index in [4.69, 9.17) is 4.74 Å². The smallest absolute Gasteiger partial charge is 0.322 e. The molecule has 1 atom stereocenters. The lowest BCUT2D eigenvalue weighted by Crippen LogP contribution is -2.29. The second-order valence-electron chi connectivity index (χ2n) is 5.24. The molecule has 0 N–H and O–H groups in total. The van der Waals surface area contributed by atoms with Gasteiger partial charge in [0.1, 0.15) is 4.32 Å². The minimum atomic E-state index is -0.516. The molecule has 0 aliphatic rings. The lowest BCUT2D eigenvalue weighted by atomic mass is 10.1. The maximum absolute atomic E-state index is 11.7. The average Bonchev–Trinajstić information content (AvgIpc) is 2.40. The van der Waals surface area contributed by atoms with Crippen LogP contribution in [-0.4, -0.2) is 16.9 Å². The van der Waals surface area contributed by atoms with Crippen LogP contribution in [0.3, 0.4) is 0 Å². The Morgan fingerprint density at radius 2 is 1.68 bits per heavy atom. The summed E-state index contributed by atoms with van der Waals surface area (Å²) in [5.74, 6) is -0.139. The van der Waals surface area contributed by atoms with Crippen LogP contribution in [-0.2, 0) is 9.53 Å². The molecule has 2 nitrogen and oxygen atoms in total. The zero-order valence-corrected chi connectivity index (χ0v) is 14.1. The molecule has 0 spiro atoms. The van der Waals surface area contributed by atoms with E-state index in [9.17, 15) is 4.79 Å². The monoisotopic (exact) mass is 332 g/mol. The molecule has 3 heteroatoms. The Kier molecular flexibility index (Phi) is 11.3. The van der Waals surface area contributed by atoms with Crippen molar-refractivity contribution in [1.82, 2.24) is 0 Å². The summed E-state index contributed by atoms with van der Waals surface area (Å²) < 4.78 is 4.74. The van der Waals surface area contributed by atoms with Gasteiger partial charge in [0.15, 0.2) is 0 Å². The number of allylic oxidation sites excluding steroid dienone is 1. The number of carbonyl (C=O) groups is 1. The summed E-state index contributed by atoms with van der Waals surface area (Å²) in [6, 6.07) is 0. The molecule has 0 aromatic rings. The van der Waals surface area contributed by atoms with Gasteiger partial charge < -0.3 is 4.74 Å². The molecule has 0 aliphatic heterocycles. The summed E-state index contributed by atoms with van der Waals surface area (Å²) in [5, 5.41) is 0. The number of rotatable bonds is 12. The van der Waals surface area contributed by atoms with Crippen molar-refractivity contribution in [3.63, 3.8) is 0 Å². The van der Waals surface area contributed by atoms with Gasteiger partial charge in [-0.05, 0) is 32.6 Å². The molecule has 0 fully saturated rings. The van der Waals surface area contributed by atoms with Gasteiger partial charge in [0.25, 0.3) is 0 Å². The van der Waals surface area contributed by atoms with Gasteiger partial charge in [-0.15, -0.1) is 6.58 Å². The number of hydrogen-bond donors (Lipinski definition) is 0. The molecule has 0 rings (SSSR count). The molecular formula is C16H29BrO2. The molecule has 0 saturated carbocycles. The zero-order valence-electron chi connectivity index (χ0n) is 12.5. The van der Waals surface area contributed by atoms with E-state index in [1.54, 1.807) is 0 Å². The van der Waals surface area contributed by atoms with Crippen molar-refractivity contribution >= 4 is 21.9 Å². The predicted octanol–water partition coefficient (Wildman–Crippen LogP) is 5.40. The Labute approximate surface area is 127 Å². The molecule has 0 aromatic heterocycles. The van der Waals surface area contributed by atoms with E-state index < -0.39 is 4.32 Å². The Bertz CT molecular complexity index is 249. The van der Waals surface area contributed by atoms with Crippen molar-refractivity contribution in [2.24, 2.45) is 0 Å². The number of esters is 1. The molecule has 112 valence electrons. The molecule has 0 amide bonds. The number of halogens is 1. The fourth-order valence-electron chi connectivity index (χ4n) is 1.73. The number of alkyl halides is 1. The van der Waals surface area contributed by atoms with Crippen LogP contribution in [0.1, 0.15) is 71.6 Å². The van der Waals surface area contributed by atoms with Crippen LogP contribution in [0.4, 0.5) is 0 Å². The predicted molar refractivity (Wildman–Crippen MR) is 85.7 cm³/mol. The first-order valence-electron chi connectivity index (χ1n) is 7.51. The quantitative estimate of drug-likeness (QED) is 0.207. The van der Waals surface area contributed by atoms with Crippen molar-refractivity contribution < 1.29 is 9.53 Å². The highest BCUT2D eigenvalue weighted by Gasteiger charge is 2.29. The summed E-state index contributed by atoms with van der Waals surface area (Å²) in [7, 11) is 0. The highest BCUT2D eigenvalue weighted by atomic mass is 79.9. The number of hydrogen-bond acceptors (Lipinski definition) is 2. The minimum Gasteiger partial charge on any atom is -0.465 e. The Morgan fingerprint density at radius 3 is 2.21 bits per heavy atom. The summed E-state index contributed by atoms with van der Waals surface area (Å²) in [6.07, 6.45) is 12.4. The molecule has 1 unspecified atom stereocenters. The molecule has 19 heavy (non-hydrogen) atoms.